The van der Waals surface area contributed by atoms with Gasteiger partial charge in [0.2, 0.25) is 15.8 Å². The van der Waals surface area contributed by atoms with Crippen molar-refractivity contribution in [3.05, 3.63) is 30.2 Å². The first kappa shape index (κ1) is 20.0. The molecule has 0 unspecified atom stereocenters. The highest BCUT2D eigenvalue weighted by molar-refractivity contribution is 7.89. The average molecular weight is 419 g/mol. The van der Waals surface area contributed by atoms with Crippen LogP contribution in [0.1, 0.15) is 62.1 Å². The van der Waals surface area contributed by atoms with E-state index in [4.69, 9.17) is 4.52 Å². The molecule has 1 aliphatic carbocycles. The van der Waals surface area contributed by atoms with Crippen molar-refractivity contribution in [2.75, 3.05) is 13.1 Å². The van der Waals surface area contributed by atoms with Gasteiger partial charge in [-0.1, -0.05) is 30.8 Å². The summed E-state index contributed by atoms with van der Waals surface area (Å²) >= 11 is 0. The van der Waals surface area contributed by atoms with E-state index < -0.39 is 10.0 Å². The van der Waals surface area contributed by atoms with E-state index in [0.29, 0.717) is 18.7 Å². The number of amides is 1. The van der Waals surface area contributed by atoms with E-state index in [2.05, 4.69) is 15.5 Å². The zero-order chi connectivity index (χ0) is 20.3. The van der Waals surface area contributed by atoms with Crippen LogP contribution in [0.3, 0.4) is 0 Å². The Balaban J connectivity index is 1.45. The fraction of sp³-hybridized carbons (Fsp3) is 0.550. The summed E-state index contributed by atoms with van der Waals surface area (Å²) in [5, 5.41) is 6.82. The predicted octanol–water partition coefficient (Wildman–Crippen LogP) is 2.97. The van der Waals surface area contributed by atoms with Crippen LogP contribution in [0.25, 0.3) is 11.4 Å². The minimum atomic E-state index is -3.48. The minimum Gasteiger partial charge on any atom is -0.345 e. The molecule has 2 fully saturated rings. The molecule has 1 N–H and O–H groups in total. The third-order valence-electron chi connectivity index (χ3n) is 5.63. The van der Waals surface area contributed by atoms with Crippen LogP contribution in [0.4, 0.5) is 0 Å². The molecular weight excluding hydrogens is 392 g/mol. The maximum absolute atomic E-state index is 12.7. The van der Waals surface area contributed by atoms with Crippen molar-refractivity contribution in [2.24, 2.45) is 0 Å². The third-order valence-corrected chi connectivity index (χ3v) is 7.54. The largest absolute Gasteiger partial charge is 0.345 e. The predicted molar refractivity (Wildman–Crippen MR) is 107 cm³/mol. The van der Waals surface area contributed by atoms with Crippen LogP contribution in [-0.2, 0) is 10.0 Å². The topological polar surface area (TPSA) is 105 Å². The Hall–Kier alpha value is -2.26. The summed E-state index contributed by atoms with van der Waals surface area (Å²) in [6, 6.07) is 6.55. The molecule has 1 saturated carbocycles. The highest BCUT2D eigenvalue weighted by Crippen LogP contribution is 2.24. The molecule has 1 saturated heterocycles. The smallest absolute Gasteiger partial charge is 0.316 e. The minimum absolute atomic E-state index is 0.0735. The normalized spacial score (nSPS) is 19.2. The number of nitrogens with zero attached hydrogens (tertiary/aromatic N) is 3. The molecule has 4 rings (SSSR count). The fourth-order valence-corrected chi connectivity index (χ4v) is 5.47. The fourth-order valence-electron chi connectivity index (χ4n) is 3.96. The number of piperidine rings is 1. The van der Waals surface area contributed by atoms with Gasteiger partial charge in [-0.05, 0) is 49.9 Å². The number of aromatic nitrogens is 2. The monoisotopic (exact) mass is 418 g/mol. The van der Waals surface area contributed by atoms with Gasteiger partial charge in [0, 0.05) is 24.7 Å². The zero-order valence-corrected chi connectivity index (χ0v) is 17.2. The number of nitrogens with one attached hydrogen (secondary N) is 1. The van der Waals surface area contributed by atoms with Crippen molar-refractivity contribution in [1.82, 2.24) is 19.8 Å². The SMILES string of the molecule is O=C(NC1CCCCC1)c1nc(-c2ccc(S(=O)(=O)N3CCCCC3)cc2)no1. The molecule has 29 heavy (non-hydrogen) atoms. The molecule has 8 nitrogen and oxygen atoms in total. The Labute approximate surface area is 170 Å². The Kier molecular flexibility index (Phi) is 5.96. The summed E-state index contributed by atoms with van der Waals surface area (Å²) in [5.74, 6) is -0.170. The second-order valence-electron chi connectivity index (χ2n) is 7.72. The number of hydrogen-bond donors (Lipinski definition) is 1. The van der Waals surface area contributed by atoms with Gasteiger partial charge < -0.3 is 9.84 Å². The van der Waals surface area contributed by atoms with Crippen LogP contribution in [-0.4, -0.2) is 47.9 Å². The quantitative estimate of drug-likeness (QED) is 0.800. The van der Waals surface area contributed by atoms with Crippen molar-refractivity contribution in [2.45, 2.75) is 62.3 Å². The van der Waals surface area contributed by atoms with Crippen LogP contribution >= 0.6 is 0 Å². The van der Waals surface area contributed by atoms with E-state index in [1.807, 2.05) is 0 Å². The van der Waals surface area contributed by atoms with Gasteiger partial charge in [0.15, 0.2) is 0 Å². The van der Waals surface area contributed by atoms with Crippen LogP contribution in [0.5, 0.6) is 0 Å². The first-order valence-corrected chi connectivity index (χ1v) is 11.7. The zero-order valence-electron chi connectivity index (χ0n) is 16.3. The number of sulfonamides is 1. The number of benzene rings is 1. The molecule has 2 heterocycles. The molecule has 1 aromatic carbocycles. The molecule has 9 heteroatoms. The summed E-state index contributed by atoms with van der Waals surface area (Å²) in [6.07, 6.45) is 8.25. The van der Waals surface area contributed by atoms with Crippen LogP contribution in [0.15, 0.2) is 33.7 Å². The van der Waals surface area contributed by atoms with Crippen LogP contribution in [0, 0.1) is 0 Å². The van der Waals surface area contributed by atoms with Crippen LogP contribution in [0.2, 0.25) is 0 Å². The van der Waals surface area contributed by atoms with Crippen molar-refractivity contribution >= 4 is 15.9 Å². The molecule has 0 atom stereocenters. The van der Waals surface area contributed by atoms with Crippen molar-refractivity contribution in [1.29, 1.82) is 0 Å². The van der Waals surface area contributed by atoms with Gasteiger partial charge in [0.1, 0.15) is 0 Å². The molecule has 1 amide bonds. The maximum Gasteiger partial charge on any atom is 0.316 e. The Morgan fingerprint density at radius 2 is 1.66 bits per heavy atom. The highest BCUT2D eigenvalue weighted by Gasteiger charge is 2.26. The molecule has 0 radical (unpaired) electrons. The summed E-state index contributed by atoms with van der Waals surface area (Å²) in [6.45, 7) is 1.13. The Morgan fingerprint density at radius 3 is 2.34 bits per heavy atom. The molecule has 1 aromatic heterocycles. The highest BCUT2D eigenvalue weighted by atomic mass is 32.2. The van der Waals surface area contributed by atoms with E-state index in [-0.39, 0.29) is 28.6 Å². The van der Waals surface area contributed by atoms with Gasteiger partial charge in [-0.15, -0.1) is 0 Å². The average Bonchev–Trinajstić information content (AvgIpc) is 3.26. The van der Waals surface area contributed by atoms with Gasteiger partial charge in [0.25, 0.3) is 0 Å². The summed E-state index contributed by atoms with van der Waals surface area (Å²) < 4.78 is 32.1. The van der Waals surface area contributed by atoms with Crippen molar-refractivity contribution in [3.8, 4) is 11.4 Å². The van der Waals surface area contributed by atoms with Crippen LogP contribution < -0.4 is 5.32 Å². The van der Waals surface area contributed by atoms with Gasteiger partial charge in [-0.2, -0.15) is 9.29 Å². The number of rotatable bonds is 5. The van der Waals surface area contributed by atoms with E-state index in [1.165, 1.54) is 10.7 Å². The second kappa shape index (κ2) is 8.62. The van der Waals surface area contributed by atoms with E-state index in [9.17, 15) is 13.2 Å². The molecule has 2 aromatic rings. The lowest BCUT2D eigenvalue weighted by atomic mass is 9.95. The summed E-state index contributed by atoms with van der Waals surface area (Å²) in [7, 11) is -3.48. The van der Waals surface area contributed by atoms with E-state index >= 15 is 0 Å². The standard InChI is InChI=1S/C20H26N4O4S/c25-19(21-16-7-3-1-4-8-16)20-22-18(23-28-20)15-9-11-17(12-10-15)29(26,27)24-13-5-2-6-14-24/h9-12,16H,1-8,13-14H2,(H,21,25). The first-order chi connectivity index (χ1) is 14.0. The molecule has 1 aliphatic heterocycles. The number of carbonyl (C=O) groups excluding carboxylic acids is 1. The molecule has 0 spiro atoms. The lowest BCUT2D eigenvalue weighted by Gasteiger charge is -2.25. The van der Waals surface area contributed by atoms with Crippen molar-refractivity contribution in [3.63, 3.8) is 0 Å². The van der Waals surface area contributed by atoms with Gasteiger partial charge in [-0.25, -0.2) is 8.42 Å². The number of hydrogen-bond acceptors (Lipinski definition) is 6. The van der Waals surface area contributed by atoms with Gasteiger partial charge in [-0.3, -0.25) is 4.79 Å². The van der Waals surface area contributed by atoms with Gasteiger partial charge >= 0.3 is 11.8 Å². The molecular formula is C20H26N4O4S. The lowest BCUT2D eigenvalue weighted by Crippen LogP contribution is -2.36. The third kappa shape index (κ3) is 4.51. The second-order valence-corrected chi connectivity index (χ2v) is 9.66. The number of carbonyl (C=O) groups is 1. The molecule has 2 aliphatic rings. The van der Waals surface area contributed by atoms with E-state index in [0.717, 1.165) is 44.9 Å². The molecule has 156 valence electrons. The van der Waals surface area contributed by atoms with E-state index in [1.54, 1.807) is 24.3 Å². The maximum atomic E-state index is 12.7. The summed E-state index contributed by atoms with van der Waals surface area (Å²) in [5.41, 5.74) is 0.600. The van der Waals surface area contributed by atoms with Crippen molar-refractivity contribution < 1.29 is 17.7 Å². The Bertz CT molecular complexity index is 943. The lowest BCUT2D eigenvalue weighted by molar-refractivity contribution is 0.0883. The summed E-state index contributed by atoms with van der Waals surface area (Å²) in [4.78, 5) is 16.8. The van der Waals surface area contributed by atoms with Gasteiger partial charge in [0.05, 0.1) is 4.90 Å². The molecule has 0 bridgehead atoms. The Morgan fingerprint density at radius 1 is 1.00 bits per heavy atom. The first-order valence-electron chi connectivity index (χ1n) is 10.3.